The van der Waals surface area contributed by atoms with Gasteiger partial charge in [0.2, 0.25) is 0 Å². The molecule has 0 aromatic carbocycles. The third-order valence-electron chi connectivity index (χ3n) is 4.24. The van der Waals surface area contributed by atoms with Gasteiger partial charge < -0.3 is 14.5 Å². The lowest BCUT2D eigenvalue weighted by Gasteiger charge is -2.08. The molecule has 23 heavy (non-hydrogen) atoms. The molecular formula is C18H27NO4. The molecule has 0 aliphatic carbocycles. The van der Waals surface area contributed by atoms with Crippen molar-refractivity contribution in [3.05, 3.63) is 23.7 Å². The number of furan rings is 1. The summed E-state index contributed by atoms with van der Waals surface area (Å²) in [5.41, 5.74) is 0.538. The molecule has 0 unspecified atom stereocenters. The molecule has 1 aromatic rings. The average Bonchev–Trinajstić information content (AvgIpc) is 3.16. The number of aryl methyl sites for hydroxylation is 1. The normalized spacial score (nSPS) is 17.3. The van der Waals surface area contributed by atoms with Crippen LogP contribution in [0.25, 0.3) is 0 Å². The lowest BCUT2D eigenvalue weighted by atomic mass is 10.1. The molecule has 0 saturated carbocycles. The second kappa shape index (κ2) is 9.38. The van der Waals surface area contributed by atoms with Crippen LogP contribution in [-0.2, 0) is 16.0 Å². The standard InChI is InChI=1S/C18H27NO4/c1-2-3-4-5-6-7-8-9-16-14(10-12-22-16)17(20)19-15-11-13-23-18(15)21/h10,12,15H,2-9,11,13H2,1H3,(H,19,20)/t15-/m0/s1. The Balaban J connectivity index is 1.73. The minimum Gasteiger partial charge on any atom is -0.469 e. The van der Waals surface area contributed by atoms with Crippen LogP contribution in [0.3, 0.4) is 0 Å². The first-order valence-corrected chi connectivity index (χ1v) is 8.76. The molecule has 0 bridgehead atoms. The summed E-state index contributed by atoms with van der Waals surface area (Å²) in [4.78, 5) is 23.7. The Morgan fingerprint density at radius 2 is 1.96 bits per heavy atom. The molecular weight excluding hydrogens is 294 g/mol. The van der Waals surface area contributed by atoms with Crippen LogP contribution in [0.2, 0.25) is 0 Å². The Kier molecular flexibility index (Phi) is 7.17. The van der Waals surface area contributed by atoms with E-state index in [2.05, 4.69) is 12.2 Å². The van der Waals surface area contributed by atoms with Crippen molar-refractivity contribution < 1.29 is 18.7 Å². The third kappa shape index (κ3) is 5.41. The van der Waals surface area contributed by atoms with Crippen molar-refractivity contribution in [2.45, 2.75) is 70.8 Å². The van der Waals surface area contributed by atoms with Gasteiger partial charge in [-0.3, -0.25) is 4.79 Å². The predicted octanol–water partition coefficient (Wildman–Crippen LogP) is 3.62. The number of hydrogen-bond acceptors (Lipinski definition) is 4. The SMILES string of the molecule is CCCCCCCCCc1occc1C(=O)N[C@H]1CCOC1=O. The molecule has 2 rings (SSSR count). The van der Waals surface area contributed by atoms with Crippen molar-refractivity contribution in [1.29, 1.82) is 0 Å². The fraction of sp³-hybridized carbons (Fsp3) is 0.667. The van der Waals surface area contributed by atoms with Crippen LogP contribution in [0.15, 0.2) is 16.7 Å². The van der Waals surface area contributed by atoms with Gasteiger partial charge in [0, 0.05) is 12.8 Å². The minimum atomic E-state index is -0.524. The molecule has 1 amide bonds. The molecule has 0 spiro atoms. The molecule has 0 radical (unpaired) electrons. The fourth-order valence-corrected chi connectivity index (χ4v) is 2.84. The molecule has 2 heterocycles. The number of amides is 1. The highest BCUT2D eigenvalue weighted by Crippen LogP contribution is 2.16. The summed E-state index contributed by atoms with van der Waals surface area (Å²) >= 11 is 0. The third-order valence-corrected chi connectivity index (χ3v) is 4.24. The lowest BCUT2D eigenvalue weighted by molar-refractivity contribution is -0.139. The maximum atomic E-state index is 12.3. The summed E-state index contributed by atoms with van der Waals surface area (Å²) in [6, 6.07) is 1.15. The van der Waals surface area contributed by atoms with E-state index in [0.29, 0.717) is 24.4 Å². The first-order valence-electron chi connectivity index (χ1n) is 8.76. The van der Waals surface area contributed by atoms with Gasteiger partial charge in [-0.15, -0.1) is 0 Å². The zero-order valence-electron chi connectivity index (χ0n) is 13.9. The number of unbranched alkanes of at least 4 members (excludes halogenated alkanes) is 6. The molecule has 128 valence electrons. The van der Waals surface area contributed by atoms with Gasteiger partial charge in [0.15, 0.2) is 0 Å². The van der Waals surface area contributed by atoms with Gasteiger partial charge in [-0.05, 0) is 12.5 Å². The first-order chi connectivity index (χ1) is 11.2. The van der Waals surface area contributed by atoms with E-state index in [0.717, 1.165) is 19.3 Å². The first kappa shape index (κ1) is 17.6. The number of carbonyl (C=O) groups excluding carboxylic acids is 2. The molecule has 1 saturated heterocycles. The molecule has 1 fully saturated rings. The van der Waals surface area contributed by atoms with Gasteiger partial charge in [-0.2, -0.15) is 0 Å². The second-order valence-electron chi connectivity index (χ2n) is 6.11. The molecule has 5 nitrogen and oxygen atoms in total. The summed E-state index contributed by atoms with van der Waals surface area (Å²) in [5, 5.41) is 2.72. The van der Waals surface area contributed by atoms with E-state index in [9.17, 15) is 9.59 Å². The number of cyclic esters (lactones) is 1. The van der Waals surface area contributed by atoms with Crippen LogP contribution in [0.4, 0.5) is 0 Å². The van der Waals surface area contributed by atoms with Crippen LogP contribution in [0.5, 0.6) is 0 Å². The summed E-state index contributed by atoms with van der Waals surface area (Å²) in [7, 11) is 0. The number of carbonyl (C=O) groups is 2. The van der Waals surface area contributed by atoms with E-state index in [-0.39, 0.29) is 11.9 Å². The van der Waals surface area contributed by atoms with Crippen molar-refractivity contribution in [3.63, 3.8) is 0 Å². The highest BCUT2D eigenvalue weighted by molar-refractivity contribution is 5.97. The second-order valence-corrected chi connectivity index (χ2v) is 6.11. The number of esters is 1. The number of nitrogens with one attached hydrogen (secondary N) is 1. The summed E-state index contributed by atoms with van der Waals surface area (Å²) in [6.45, 7) is 2.59. The van der Waals surface area contributed by atoms with E-state index in [1.165, 1.54) is 32.1 Å². The number of rotatable bonds is 10. The Morgan fingerprint density at radius 1 is 1.22 bits per heavy atom. The van der Waals surface area contributed by atoms with Crippen molar-refractivity contribution in [2.24, 2.45) is 0 Å². The van der Waals surface area contributed by atoms with Crippen LogP contribution in [0, 0.1) is 0 Å². The summed E-state index contributed by atoms with van der Waals surface area (Å²) < 4.78 is 10.3. The Bertz CT molecular complexity index is 509. The van der Waals surface area contributed by atoms with Gasteiger partial charge in [0.05, 0.1) is 18.4 Å². The van der Waals surface area contributed by atoms with E-state index in [1.54, 1.807) is 12.3 Å². The van der Waals surface area contributed by atoms with Crippen molar-refractivity contribution in [1.82, 2.24) is 5.32 Å². The molecule has 1 aliphatic heterocycles. The Morgan fingerprint density at radius 3 is 2.65 bits per heavy atom. The number of hydrogen-bond donors (Lipinski definition) is 1. The van der Waals surface area contributed by atoms with E-state index >= 15 is 0 Å². The highest BCUT2D eigenvalue weighted by atomic mass is 16.5. The predicted molar refractivity (Wildman–Crippen MR) is 87.2 cm³/mol. The minimum absolute atomic E-state index is 0.249. The van der Waals surface area contributed by atoms with Crippen molar-refractivity contribution in [2.75, 3.05) is 6.61 Å². The van der Waals surface area contributed by atoms with Gasteiger partial charge >= 0.3 is 5.97 Å². The average molecular weight is 321 g/mol. The largest absolute Gasteiger partial charge is 0.469 e. The monoisotopic (exact) mass is 321 g/mol. The zero-order valence-corrected chi connectivity index (χ0v) is 13.9. The van der Waals surface area contributed by atoms with Gasteiger partial charge in [-0.25, -0.2) is 4.79 Å². The fourth-order valence-electron chi connectivity index (χ4n) is 2.84. The molecule has 1 N–H and O–H groups in total. The topological polar surface area (TPSA) is 68.5 Å². The molecule has 1 aromatic heterocycles. The van der Waals surface area contributed by atoms with Crippen LogP contribution >= 0.6 is 0 Å². The molecule has 1 atom stereocenters. The Hall–Kier alpha value is -1.78. The number of ether oxygens (including phenoxy) is 1. The summed E-state index contributed by atoms with van der Waals surface area (Å²) in [6.07, 6.45) is 11.4. The molecule has 1 aliphatic rings. The van der Waals surface area contributed by atoms with E-state index < -0.39 is 6.04 Å². The lowest BCUT2D eigenvalue weighted by Crippen LogP contribution is -2.38. The van der Waals surface area contributed by atoms with Crippen LogP contribution < -0.4 is 5.32 Å². The van der Waals surface area contributed by atoms with Gasteiger partial charge in [-0.1, -0.05) is 45.4 Å². The van der Waals surface area contributed by atoms with Gasteiger partial charge in [0.25, 0.3) is 5.91 Å². The maximum Gasteiger partial charge on any atom is 0.328 e. The quantitative estimate of drug-likeness (QED) is 0.528. The highest BCUT2D eigenvalue weighted by Gasteiger charge is 2.29. The summed E-state index contributed by atoms with van der Waals surface area (Å²) in [5.74, 6) is 0.110. The van der Waals surface area contributed by atoms with Crippen LogP contribution in [0.1, 0.15) is 74.4 Å². The van der Waals surface area contributed by atoms with Gasteiger partial charge in [0.1, 0.15) is 11.8 Å². The van der Waals surface area contributed by atoms with Crippen molar-refractivity contribution >= 4 is 11.9 Å². The van der Waals surface area contributed by atoms with Crippen LogP contribution in [-0.4, -0.2) is 24.5 Å². The smallest absolute Gasteiger partial charge is 0.328 e. The maximum absolute atomic E-state index is 12.3. The van der Waals surface area contributed by atoms with Crippen molar-refractivity contribution in [3.8, 4) is 0 Å². The van der Waals surface area contributed by atoms with E-state index in [1.807, 2.05) is 0 Å². The Labute approximate surface area is 137 Å². The van der Waals surface area contributed by atoms with E-state index in [4.69, 9.17) is 9.15 Å². The molecule has 5 heteroatoms. The zero-order chi connectivity index (χ0) is 16.5.